The van der Waals surface area contributed by atoms with E-state index in [4.69, 9.17) is 5.73 Å². The fourth-order valence-corrected chi connectivity index (χ4v) is 1.67. The van der Waals surface area contributed by atoms with Crippen molar-refractivity contribution in [2.24, 2.45) is 12.8 Å². The summed E-state index contributed by atoms with van der Waals surface area (Å²) in [6.07, 6.45) is 1.67. The summed E-state index contributed by atoms with van der Waals surface area (Å²) in [6.45, 7) is 2.32. The Balaban J connectivity index is 2.59. The molecule has 0 saturated carbocycles. The third-order valence-corrected chi connectivity index (χ3v) is 2.79. The molecule has 1 aromatic heterocycles. The smallest absolute Gasteiger partial charge is 0.131 e. The van der Waals surface area contributed by atoms with Crippen LogP contribution in [0.25, 0.3) is 11.1 Å². The molecule has 0 radical (unpaired) electrons. The normalized spacial score (nSPS) is 10.8. The first-order valence-corrected chi connectivity index (χ1v) is 5.11. The molecular formula is C12H14FN3. The zero-order valence-electron chi connectivity index (χ0n) is 9.37. The topological polar surface area (TPSA) is 43.8 Å². The van der Waals surface area contributed by atoms with Crippen molar-refractivity contribution in [2.45, 2.75) is 13.5 Å². The van der Waals surface area contributed by atoms with Gasteiger partial charge in [-0.1, -0.05) is 6.07 Å². The minimum atomic E-state index is -0.242. The lowest BCUT2D eigenvalue weighted by Gasteiger charge is -2.05. The van der Waals surface area contributed by atoms with Crippen LogP contribution in [-0.2, 0) is 13.6 Å². The fraction of sp³-hybridized carbons (Fsp3) is 0.250. The number of halogens is 1. The van der Waals surface area contributed by atoms with E-state index in [9.17, 15) is 4.39 Å². The molecule has 2 rings (SSSR count). The summed E-state index contributed by atoms with van der Waals surface area (Å²) in [5, 5.41) is 4.11. The average Bonchev–Trinajstić information content (AvgIpc) is 2.61. The van der Waals surface area contributed by atoms with Crippen molar-refractivity contribution < 1.29 is 4.39 Å². The van der Waals surface area contributed by atoms with E-state index in [1.54, 1.807) is 23.0 Å². The molecule has 0 aliphatic carbocycles. The highest BCUT2D eigenvalue weighted by Gasteiger charge is 2.11. The highest BCUT2D eigenvalue weighted by Crippen LogP contribution is 2.26. The molecule has 1 aromatic carbocycles. The van der Waals surface area contributed by atoms with E-state index in [0.717, 1.165) is 16.8 Å². The second-order valence-corrected chi connectivity index (χ2v) is 3.79. The Hall–Kier alpha value is -1.68. The Morgan fingerprint density at radius 2 is 2.12 bits per heavy atom. The van der Waals surface area contributed by atoms with Crippen molar-refractivity contribution in [3.8, 4) is 11.1 Å². The third-order valence-electron chi connectivity index (χ3n) is 2.79. The van der Waals surface area contributed by atoms with Crippen LogP contribution in [0.4, 0.5) is 4.39 Å². The summed E-state index contributed by atoms with van der Waals surface area (Å²) in [5.41, 5.74) is 8.78. The van der Waals surface area contributed by atoms with Crippen LogP contribution in [0.15, 0.2) is 24.4 Å². The molecule has 1 heterocycles. The number of hydrogen-bond donors (Lipinski definition) is 1. The lowest BCUT2D eigenvalue weighted by molar-refractivity contribution is 0.630. The third kappa shape index (κ3) is 1.72. The molecule has 0 aliphatic heterocycles. The Morgan fingerprint density at radius 3 is 2.69 bits per heavy atom. The molecule has 0 unspecified atom stereocenters. The molecule has 0 saturated heterocycles. The number of nitrogens with two attached hydrogens (primary N) is 1. The first-order chi connectivity index (χ1) is 7.63. The molecule has 0 spiro atoms. The minimum absolute atomic E-state index is 0.242. The summed E-state index contributed by atoms with van der Waals surface area (Å²) in [5.74, 6) is -0.242. The number of aryl methyl sites for hydroxylation is 1. The number of nitrogens with zero attached hydrogens (tertiary/aromatic N) is 2. The fourth-order valence-electron chi connectivity index (χ4n) is 1.67. The monoisotopic (exact) mass is 219 g/mol. The maximum Gasteiger partial charge on any atom is 0.131 e. The van der Waals surface area contributed by atoms with Gasteiger partial charge >= 0.3 is 0 Å². The predicted molar refractivity (Wildman–Crippen MR) is 61.2 cm³/mol. The van der Waals surface area contributed by atoms with Gasteiger partial charge < -0.3 is 5.73 Å². The molecule has 4 heteroatoms. The predicted octanol–water partition coefficient (Wildman–Crippen LogP) is 1.99. The van der Waals surface area contributed by atoms with Gasteiger partial charge in [-0.15, -0.1) is 0 Å². The van der Waals surface area contributed by atoms with E-state index in [2.05, 4.69) is 5.10 Å². The summed E-state index contributed by atoms with van der Waals surface area (Å²) in [4.78, 5) is 0. The molecule has 3 nitrogen and oxygen atoms in total. The van der Waals surface area contributed by atoms with E-state index in [1.165, 1.54) is 6.07 Å². The van der Waals surface area contributed by atoms with Gasteiger partial charge in [-0.05, 0) is 24.6 Å². The SMILES string of the molecule is Cc1c(-c2cc(CN)ccc2F)cnn1C. The van der Waals surface area contributed by atoms with Gasteiger partial charge in [0.05, 0.1) is 6.20 Å². The van der Waals surface area contributed by atoms with Gasteiger partial charge in [0.15, 0.2) is 0 Å². The second-order valence-electron chi connectivity index (χ2n) is 3.79. The molecule has 84 valence electrons. The second kappa shape index (κ2) is 4.06. The average molecular weight is 219 g/mol. The van der Waals surface area contributed by atoms with Crippen LogP contribution >= 0.6 is 0 Å². The molecule has 0 aliphatic rings. The standard InChI is InChI=1S/C12H14FN3/c1-8-11(7-15-16(8)2)10-5-9(6-14)3-4-12(10)13/h3-5,7H,6,14H2,1-2H3. The van der Waals surface area contributed by atoms with Gasteiger partial charge in [0, 0.05) is 30.4 Å². The van der Waals surface area contributed by atoms with Crippen LogP contribution in [0.1, 0.15) is 11.3 Å². The van der Waals surface area contributed by atoms with Crippen LogP contribution in [-0.4, -0.2) is 9.78 Å². The van der Waals surface area contributed by atoms with Gasteiger partial charge in [0.1, 0.15) is 5.82 Å². The lowest BCUT2D eigenvalue weighted by atomic mass is 10.0. The van der Waals surface area contributed by atoms with Crippen molar-refractivity contribution in [2.75, 3.05) is 0 Å². The molecule has 0 amide bonds. The van der Waals surface area contributed by atoms with Gasteiger partial charge in [0.25, 0.3) is 0 Å². The Bertz CT molecular complexity index is 517. The van der Waals surface area contributed by atoms with Crippen molar-refractivity contribution in [3.63, 3.8) is 0 Å². The van der Waals surface area contributed by atoms with E-state index in [-0.39, 0.29) is 5.82 Å². The van der Waals surface area contributed by atoms with Gasteiger partial charge in [-0.2, -0.15) is 5.10 Å². The minimum Gasteiger partial charge on any atom is -0.326 e. The summed E-state index contributed by atoms with van der Waals surface area (Å²) >= 11 is 0. The molecule has 0 fully saturated rings. The summed E-state index contributed by atoms with van der Waals surface area (Å²) in [6, 6.07) is 4.92. The van der Waals surface area contributed by atoms with Crippen molar-refractivity contribution in [1.29, 1.82) is 0 Å². The summed E-state index contributed by atoms with van der Waals surface area (Å²) < 4.78 is 15.4. The Morgan fingerprint density at radius 1 is 1.38 bits per heavy atom. The zero-order valence-corrected chi connectivity index (χ0v) is 9.37. The van der Waals surface area contributed by atoms with Crippen LogP contribution < -0.4 is 5.73 Å². The van der Waals surface area contributed by atoms with Crippen molar-refractivity contribution in [3.05, 3.63) is 41.5 Å². The van der Waals surface area contributed by atoms with E-state index in [1.807, 2.05) is 14.0 Å². The molecule has 2 N–H and O–H groups in total. The quantitative estimate of drug-likeness (QED) is 0.839. The van der Waals surface area contributed by atoms with Gasteiger partial charge in [0.2, 0.25) is 0 Å². The molecule has 0 atom stereocenters. The maximum atomic E-state index is 13.7. The van der Waals surface area contributed by atoms with E-state index >= 15 is 0 Å². The number of benzene rings is 1. The van der Waals surface area contributed by atoms with Crippen LogP contribution in [0.3, 0.4) is 0 Å². The van der Waals surface area contributed by atoms with Crippen LogP contribution in [0, 0.1) is 12.7 Å². The molecule has 16 heavy (non-hydrogen) atoms. The largest absolute Gasteiger partial charge is 0.326 e. The van der Waals surface area contributed by atoms with Crippen molar-refractivity contribution in [1.82, 2.24) is 9.78 Å². The molecular weight excluding hydrogens is 205 g/mol. The highest BCUT2D eigenvalue weighted by atomic mass is 19.1. The Labute approximate surface area is 93.7 Å². The van der Waals surface area contributed by atoms with Crippen LogP contribution in [0.5, 0.6) is 0 Å². The first-order valence-electron chi connectivity index (χ1n) is 5.11. The number of aromatic nitrogens is 2. The molecule has 0 bridgehead atoms. The maximum absolute atomic E-state index is 13.7. The number of rotatable bonds is 2. The molecule has 2 aromatic rings. The highest BCUT2D eigenvalue weighted by molar-refractivity contribution is 5.66. The van der Waals surface area contributed by atoms with E-state index < -0.39 is 0 Å². The van der Waals surface area contributed by atoms with E-state index in [0.29, 0.717) is 12.1 Å². The zero-order chi connectivity index (χ0) is 11.7. The van der Waals surface area contributed by atoms with Gasteiger partial charge in [-0.3, -0.25) is 4.68 Å². The lowest BCUT2D eigenvalue weighted by Crippen LogP contribution is -1.98. The number of hydrogen-bond acceptors (Lipinski definition) is 2. The first kappa shape index (κ1) is 10.8. The Kier molecular flexibility index (Phi) is 2.75. The van der Waals surface area contributed by atoms with Gasteiger partial charge in [-0.25, -0.2) is 4.39 Å². The van der Waals surface area contributed by atoms with Crippen LogP contribution in [0.2, 0.25) is 0 Å². The summed E-state index contributed by atoms with van der Waals surface area (Å²) in [7, 11) is 1.84. The van der Waals surface area contributed by atoms with Crippen molar-refractivity contribution >= 4 is 0 Å².